The van der Waals surface area contributed by atoms with Gasteiger partial charge in [-0.15, -0.1) is 26.2 Å². The zero-order valence-corrected chi connectivity index (χ0v) is 37.8. The van der Waals surface area contributed by atoms with E-state index in [1.54, 1.807) is 7.11 Å². The van der Waals surface area contributed by atoms with Crippen molar-refractivity contribution >= 4 is 32.2 Å². The third-order valence-corrected chi connectivity index (χ3v) is 12.6. The van der Waals surface area contributed by atoms with Crippen LogP contribution in [-0.4, -0.2) is 18.2 Å². The van der Waals surface area contributed by atoms with Gasteiger partial charge < -0.3 is 4.74 Å². The fourth-order valence-electron chi connectivity index (χ4n) is 8.44. The maximum absolute atomic E-state index is 13.7. The van der Waals surface area contributed by atoms with Crippen LogP contribution in [0.5, 0.6) is 0 Å². The SMILES string of the molecule is Br.CCCCCCCCCCCCc1ccccc1C(CCCCCCCCCCCC)(CCCCCCCCCCCC)C(C)(P)C(=O)OC. The lowest BCUT2D eigenvalue weighted by atomic mass is 9.62. The molecule has 0 amide bonds. The third-order valence-electron chi connectivity index (χ3n) is 11.9. The van der Waals surface area contributed by atoms with E-state index in [4.69, 9.17) is 4.74 Å². The second kappa shape index (κ2) is 34.1. The van der Waals surface area contributed by atoms with Crippen molar-refractivity contribution in [1.29, 1.82) is 0 Å². The van der Waals surface area contributed by atoms with E-state index < -0.39 is 5.16 Å². The number of benzene rings is 1. The molecule has 4 heteroatoms. The number of carbonyl (C=O) groups is 1. The summed E-state index contributed by atoms with van der Waals surface area (Å²) in [5.41, 5.74) is 2.68. The van der Waals surface area contributed by atoms with E-state index in [9.17, 15) is 4.79 Å². The van der Waals surface area contributed by atoms with Gasteiger partial charge in [0.2, 0.25) is 0 Å². The summed E-state index contributed by atoms with van der Waals surface area (Å²) < 4.78 is 5.59. The molecule has 0 heterocycles. The summed E-state index contributed by atoms with van der Waals surface area (Å²) >= 11 is 0. The molecular formula is C47H88BrO2P. The molecule has 300 valence electrons. The van der Waals surface area contributed by atoms with Crippen LogP contribution in [0.25, 0.3) is 0 Å². The highest BCUT2D eigenvalue weighted by molar-refractivity contribution is 8.93. The Hall–Kier alpha value is -0.400. The largest absolute Gasteiger partial charge is 0.468 e. The Labute approximate surface area is 333 Å². The molecule has 0 saturated carbocycles. The van der Waals surface area contributed by atoms with Crippen molar-refractivity contribution in [3.63, 3.8) is 0 Å². The van der Waals surface area contributed by atoms with Gasteiger partial charge >= 0.3 is 5.97 Å². The van der Waals surface area contributed by atoms with Gasteiger partial charge in [-0.05, 0) is 43.7 Å². The Morgan fingerprint density at radius 3 is 1.20 bits per heavy atom. The molecule has 51 heavy (non-hydrogen) atoms. The van der Waals surface area contributed by atoms with Crippen LogP contribution in [-0.2, 0) is 21.4 Å². The van der Waals surface area contributed by atoms with E-state index in [1.807, 2.05) is 0 Å². The van der Waals surface area contributed by atoms with Crippen molar-refractivity contribution in [3.05, 3.63) is 35.4 Å². The zero-order chi connectivity index (χ0) is 36.6. The average Bonchev–Trinajstić information content (AvgIpc) is 3.12. The Morgan fingerprint density at radius 2 is 0.843 bits per heavy atom. The first kappa shape index (κ1) is 50.6. The highest BCUT2D eigenvalue weighted by Crippen LogP contribution is 2.51. The maximum atomic E-state index is 13.7. The van der Waals surface area contributed by atoms with Gasteiger partial charge in [0.1, 0.15) is 0 Å². The molecule has 2 nitrogen and oxygen atoms in total. The molecule has 2 atom stereocenters. The van der Waals surface area contributed by atoms with Crippen molar-refractivity contribution in [1.82, 2.24) is 0 Å². The number of ether oxygens (including phenoxy) is 1. The predicted molar refractivity (Wildman–Crippen MR) is 237 cm³/mol. The molecule has 1 aromatic rings. The van der Waals surface area contributed by atoms with E-state index in [1.165, 1.54) is 204 Å². The Bertz CT molecular complexity index is 891. The summed E-state index contributed by atoms with van der Waals surface area (Å²) in [5.74, 6) is -0.0737. The zero-order valence-electron chi connectivity index (χ0n) is 34.9. The monoisotopic (exact) mass is 795 g/mol. The standard InChI is InChI=1S/C47H87O2P.BrH/c1-6-9-12-15-18-21-24-27-30-33-38-43-39-34-35-40-44(43)47(46(4,50)45(48)49-5,41-36-31-28-25-22-19-16-13-10-7-2)42-37-32-29-26-23-20-17-14-11-8-3;/h34-35,39-40H,6-33,36-38,41-42,50H2,1-5H3;1H. The number of aryl methyl sites for hydroxylation is 1. The number of carbonyl (C=O) groups excluding carboxylic acids is 1. The molecule has 0 radical (unpaired) electrons. The Kier molecular flexibility index (Phi) is 33.8. The molecular weight excluding hydrogens is 707 g/mol. The fraction of sp³-hybridized carbons (Fsp3) is 0.851. The van der Waals surface area contributed by atoms with Crippen molar-refractivity contribution < 1.29 is 9.53 Å². The molecule has 0 fully saturated rings. The van der Waals surface area contributed by atoms with Gasteiger partial charge in [-0.25, -0.2) is 0 Å². The highest BCUT2D eigenvalue weighted by atomic mass is 79.9. The van der Waals surface area contributed by atoms with Gasteiger partial charge in [0.15, 0.2) is 0 Å². The summed E-state index contributed by atoms with van der Waals surface area (Å²) in [4.78, 5) is 13.7. The van der Waals surface area contributed by atoms with Crippen LogP contribution >= 0.6 is 26.2 Å². The van der Waals surface area contributed by atoms with Crippen LogP contribution in [0.3, 0.4) is 0 Å². The number of unbranched alkanes of at least 4 members (excludes halogenated alkanes) is 27. The molecule has 0 aliphatic rings. The molecule has 0 aliphatic heterocycles. The molecule has 1 aromatic carbocycles. The maximum Gasteiger partial charge on any atom is 0.316 e. The minimum Gasteiger partial charge on any atom is -0.468 e. The molecule has 0 aromatic heterocycles. The Balaban J connectivity index is 0.0000250. The molecule has 1 rings (SSSR count). The summed E-state index contributed by atoms with van der Waals surface area (Å²) in [6, 6.07) is 9.25. The number of hydrogen-bond donors (Lipinski definition) is 0. The Morgan fingerprint density at radius 1 is 0.529 bits per heavy atom. The number of esters is 1. The van der Waals surface area contributed by atoms with E-state index >= 15 is 0 Å². The van der Waals surface area contributed by atoms with Gasteiger partial charge in [-0.2, -0.15) is 0 Å². The van der Waals surface area contributed by atoms with Crippen LogP contribution in [0.15, 0.2) is 24.3 Å². The molecule has 0 saturated heterocycles. The molecule has 0 aliphatic carbocycles. The number of halogens is 1. The van der Waals surface area contributed by atoms with Crippen molar-refractivity contribution in [2.24, 2.45) is 0 Å². The smallest absolute Gasteiger partial charge is 0.316 e. The summed E-state index contributed by atoms with van der Waals surface area (Å²) in [5, 5.41) is -0.659. The van der Waals surface area contributed by atoms with Gasteiger partial charge in [-0.3, -0.25) is 4.79 Å². The quantitative estimate of drug-likeness (QED) is 0.0384. The average molecular weight is 796 g/mol. The lowest BCUT2D eigenvalue weighted by Crippen LogP contribution is -2.51. The lowest BCUT2D eigenvalue weighted by molar-refractivity contribution is -0.145. The number of rotatable bonds is 36. The summed E-state index contributed by atoms with van der Waals surface area (Å²) in [6.45, 7) is 9.07. The normalized spacial score (nSPS) is 12.8. The van der Waals surface area contributed by atoms with Gasteiger partial charge in [0.05, 0.1) is 12.3 Å². The van der Waals surface area contributed by atoms with Crippen LogP contribution in [0.2, 0.25) is 0 Å². The van der Waals surface area contributed by atoms with Crippen molar-refractivity contribution in [2.75, 3.05) is 7.11 Å². The third kappa shape index (κ3) is 21.9. The van der Waals surface area contributed by atoms with Crippen LogP contribution < -0.4 is 0 Å². The summed E-state index contributed by atoms with van der Waals surface area (Å²) in [7, 11) is 4.64. The highest BCUT2D eigenvalue weighted by Gasteiger charge is 2.51. The first-order valence-electron chi connectivity index (χ1n) is 22.4. The first-order valence-corrected chi connectivity index (χ1v) is 22.9. The minimum absolute atomic E-state index is 0. The van der Waals surface area contributed by atoms with E-state index in [0.717, 1.165) is 19.3 Å². The van der Waals surface area contributed by atoms with Crippen LogP contribution in [0, 0.1) is 0 Å². The lowest BCUT2D eigenvalue weighted by Gasteiger charge is -2.47. The van der Waals surface area contributed by atoms with Crippen LogP contribution in [0.1, 0.15) is 244 Å². The second-order valence-corrected chi connectivity index (χ2v) is 17.4. The summed E-state index contributed by atoms with van der Waals surface area (Å²) in [6.07, 6.45) is 43.6. The van der Waals surface area contributed by atoms with Crippen LogP contribution in [0.4, 0.5) is 0 Å². The molecule has 0 bridgehead atoms. The fourth-order valence-corrected chi connectivity index (χ4v) is 9.00. The van der Waals surface area contributed by atoms with Gasteiger partial charge in [0.25, 0.3) is 0 Å². The second-order valence-electron chi connectivity index (χ2n) is 16.2. The van der Waals surface area contributed by atoms with Crippen molar-refractivity contribution in [2.45, 2.75) is 250 Å². The first-order chi connectivity index (χ1) is 24.4. The number of hydrogen-bond acceptors (Lipinski definition) is 2. The minimum atomic E-state index is -0.659. The molecule has 2 unspecified atom stereocenters. The topological polar surface area (TPSA) is 26.3 Å². The van der Waals surface area contributed by atoms with E-state index in [-0.39, 0.29) is 28.4 Å². The van der Waals surface area contributed by atoms with E-state index in [2.05, 4.69) is 61.2 Å². The molecule has 0 N–H and O–H groups in total. The number of methoxy groups -OCH3 is 1. The van der Waals surface area contributed by atoms with E-state index in [0.29, 0.717) is 0 Å². The predicted octanol–water partition coefficient (Wildman–Crippen LogP) is 16.4. The van der Waals surface area contributed by atoms with Crippen molar-refractivity contribution in [3.8, 4) is 0 Å². The molecule has 0 spiro atoms. The van der Waals surface area contributed by atoms with Gasteiger partial charge in [-0.1, -0.05) is 231 Å². The van der Waals surface area contributed by atoms with Gasteiger partial charge in [0, 0.05) is 5.41 Å².